The van der Waals surface area contributed by atoms with Crippen LogP contribution in [0.15, 0.2) is 0 Å². The molecular weight excluding hydrogens is 415 g/mol. The van der Waals surface area contributed by atoms with E-state index in [1.807, 2.05) is 13.8 Å². The number of amides is 1. The van der Waals surface area contributed by atoms with E-state index in [0.29, 0.717) is 12.8 Å². The molecule has 0 aliphatic carbocycles. The van der Waals surface area contributed by atoms with Crippen molar-refractivity contribution in [1.82, 2.24) is 0 Å². The molecular formula is C8H18FmNO3-. The SMILES string of the molecule is CC(C)(CCO)CC(N)=O.[CH2-]O.[Fm]. The Hall–Kier alpha value is -1.61. The minimum absolute atomic E-state index is 0. The predicted octanol–water partition coefficient (Wildman–Crippen LogP) is 0.421. The van der Waals surface area contributed by atoms with E-state index in [1.165, 1.54) is 0 Å². The zero-order valence-corrected chi connectivity index (χ0v) is 10.4. The van der Waals surface area contributed by atoms with Gasteiger partial charge in [-0.25, -0.2) is 7.11 Å². The van der Waals surface area contributed by atoms with Gasteiger partial charge in [0.1, 0.15) is 0 Å². The van der Waals surface area contributed by atoms with E-state index in [-0.39, 0.29) is 17.9 Å². The van der Waals surface area contributed by atoms with E-state index >= 15 is 0 Å². The van der Waals surface area contributed by atoms with Crippen molar-refractivity contribution < 1.29 is 15.0 Å². The average molecular weight is 433 g/mol. The molecule has 0 fully saturated rings. The van der Waals surface area contributed by atoms with Crippen molar-refractivity contribution in [3.63, 3.8) is 0 Å². The fourth-order valence-corrected chi connectivity index (χ4v) is 0.863. The molecule has 0 aromatic carbocycles. The molecule has 0 radical (unpaired) electrons. The second kappa shape index (κ2) is 8.49. The summed E-state index contributed by atoms with van der Waals surface area (Å²) in [5.41, 5.74) is 4.84. The smallest absolute Gasteiger partial charge is 0.217 e. The Morgan fingerprint density at radius 2 is 1.85 bits per heavy atom. The summed E-state index contributed by atoms with van der Waals surface area (Å²) in [7, 11) is 2.25. The third kappa shape index (κ3) is 13.4. The fourth-order valence-electron chi connectivity index (χ4n) is 0.863. The van der Waals surface area contributed by atoms with Crippen LogP contribution in [0.1, 0.15) is 26.7 Å². The van der Waals surface area contributed by atoms with Gasteiger partial charge in [0.15, 0.2) is 0 Å². The molecule has 0 bridgehead atoms. The van der Waals surface area contributed by atoms with Crippen molar-refractivity contribution in [2.45, 2.75) is 26.7 Å². The summed E-state index contributed by atoms with van der Waals surface area (Å²) in [4.78, 5) is 10.4. The van der Waals surface area contributed by atoms with Crippen LogP contribution in [0.5, 0.6) is 0 Å². The molecule has 4 N–H and O–H groups in total. The van der Waals surface area contributed by atoms with Gasteiger partial charge < -0.3 is 15.9 Å². The standard InChI is InChI=1S/C7H15NO2.CH3O.Fm/c1-7(2,3-4-9)5-6(8)10;1-2;/h9H,3-5H2,1-2H3,(H2,8,10);2H,1H2;/q;-1;. The summed E-state index contributed by atoms with van der Waals surface area (Å²) in [6, 6.07) is 0. The minimum Gasteiger partial charge on any atom is -0.569 e. The second-order valence-electron chi connectivity index (χ2n) is 3.28. The number of aliphatic hydroxyl groups excluding tert-OH is 2. The number of carbonyl (C=O) groups excluding carboxylic acids is 1. The van der Waals surface area contributed by atoms with Gasteiger partial charge in [0.25, 0.3) is 0 Å². The number of hydrogen-bond acceptors (Lipinski definition) is 3. The van der Waals surface area contributed by atoms with Crippen LogP contribution < -0.4 is 5.73 Å². The Kier molecular flexibility index (Phi) is 11.4. The Balaban J connectivity index is -0.000000309. The van der Waals surface area contributed by atoms with E-state index in [0.717, 1.165) is 0 Å². The second-order valence-corrected chi connectivity index (χ2v) is 3.28. The largest absolute Gasteiger partial charge is 0.569 e. The maximum atomic E-state index is 10.4. The fraction of sp³-hybridized carbons (Fsp3) is 0.750. The van der Waals surface area contributed by atoms with E-state index in [1.54, 1.807) is 0 Å². The molecule has 13 heavy (non-hydrogen) atoms. The summed E-state index contributed by atoms with van der Waals surface area (Å²) in [5, 5.41) is 15.3. The first-order chi connectivity index (χ1) is 5.48. The molecule has 0 rings (SSSR count). The van der Waals surface area contributed by atoms with E-state index in [2.05, 4.69) is 7.11 Å². The van der Waals surface area contributed by atoms with Crippen molar-refractivity contribution in [2.75, 3.05) is 6.61 Å². The van der Waals surface area contributed by atoms with Crippen LogP contribution in [0.2, 0.25) is 0 Å². The maximum Gasteiger partial charge on any atom is 0.217 e. The van der Waals surface area contributed by atoms with E-state index < -0.39 is 0 Å². The van der Waals surface area contributed by atoms with E-state index in [9.17, 15) is 4.79 Å². The van der Waals surface area contributed by atoms with Crippen molar-refractivity contribution in [2.24, 2.45) is 11.1 Å². The zero-order valence-electron chi connectivity index (χ0n) is 8.00. The van der Waals surface area contributed by atoms with Crippen LogP contribution in [0.4, 0.5) is 0 Å². The van der Waals surface area contributed by atoms with Gasteiger partial charge in [0.2, 0.25) is 5.91 Å². The summed E-state index contributed by atoms with van der Waals surface area (Å²) < 4.78 is 0. The molecule has 0 saturated carbocycles. The molecule has 0 aliphatic heterocycles. The van der Waals surface area contributed by atoms with E-state index in [4.69, 9.17) is 15.9 Å². The monoisotopic (exact) mass is 433 g/mol. The van der Waals surface area contributed by atoms with Crippen molar-refractivity contribution in [3.05, 3.63) is 7.11 Å². The van der Waals surface area contributed by atoms with Gasteiger partial charge in [-0.3, -0.25) is 4.79 Å². The molecule has 86 valence electrons. The third-order valence-electron chi connectivity index (χ3n) is 1.44. The molecule has 0 unspecified atom stereocenters. The number of aliphatic hydroxyl groups is 2. The van der Waals surface area contributed by atoms with Gasteiger partial charge in [0.05, 0.1) is 0 Å². The number of carbonyl (C=O) groups is 1. The van der Waals surface area contributed by atoms with Crippen LogP contribution in [0, 0.1) is 12.5 Å². The molecule has 0 saturated heterocycles. The van der Waals surface area contributed by atoms with Gasteiger partial charge in [-0.15, -0.1) is 0 Å². The quantitative estimate of drug-likeness (QED) is 0.563. The zero-order chi connectivity index (χ0) is 10.2. The van der Waals surface area contributed by atoms with Crippen molar-refractivity contribution in [1.29, 1.82) is 0 Å². The van der Waals surface area contributed by atoms with Gasteiger partial charge in [-0.2, -0.15) is 0 Å². The first-order valence-electron chi connectivity index (χ1n) is 3.69. The normalized spacial score (nSPS) is 9.31. The molecule has 1 amide bonds. The van der Waals surface area contributed by atoms with Crippen LogP contribution in [0.3, 0.4) is 0 Å². The molecule has 0 heterocycles. The summed E-state index contributed by atoms with van der Waals surface area (Å²) in [6.07, 6.45) is 0.962. The van der Waals surface area contributed by atoms with Crippen molar-refractivity contribution >= 4 is 5.91 Å². The van der Waals surface area contributed by atoms with Crippen molar-refractivity contribution in [3.8, 4) is 0 Å². The number of hydrogen-bond donors (Lipinski definition) is 3. The van der Waals surface area contributed by atoms with Gasteiger partial charge in [-0.1, -0.05) is 13.8 Å². The minimum atomic E-state index is -0.307. The van der Waals surface area contributed by atoms with Crippen LogP contribution in [0.25, 0.3) is 0 Å². The topological polar surface area (TPSA) is 83.5 Å². The molecule has 5 heteroatoms. The van der Waals surface area contributed by atoms with Crippen LogP contribution in [-0.2, 0) is 4.79 Å². The first kappa shape index (κ1) is 17.5. The summed E-state index contributed by atoms with van der Waals surface area (Å²) in [6.45, 7) is 3.93. The molecule has 0 spiro atoms. The number of nitrogens with two attached hydrogens (primary N) is 1. The van der Waals surface area contributed by atoms with Crippen LogP contribution in [-0.4, -0.2) is 22.7 Å². The molecule has 0 aliphatic rings. The Labute approximate surface area is 73.4 Å². The van der Waals surface area contributed by atoms with Gasteiger partial charge >= 0.3 is 0 Å². The Morgan fingerprint density at radius 3 is 2.08 bits per heavy atom. The first-order valence-corrected chi connectivity index (χ1v) is 3.69. The average Bonchev–Trinajstić information content (AvgIpc) is 1.88. The number of rotatable bonds is 4. The maximum absolute atomic E-state index is 10.4. The molecule has 0 atom stereocenters. The predicted molar refractivity (Wildman–Crippen MR) is 46.6 cm³/mol. The number of primary amides is 1. The van der Waals surface area contributed by atoms with Crippen LogP contribution >= 0.6 is 0 Å². The molecule has 4 nitrogen and oxygen atoms in total. The molecule has 0 aromatic heterocycles. The molecule has 0 aromatic rings. The third-order valence-corrected chi connectivity index (χ3v) is 1.44. The Bertz CT molecular complexity index is 129. The Morgan fingerprint density at radius 1 is 1.46 bits per heavy atom. The summed E-state index contributed by atoms with van der Waals surface area (Å²) in [5.74, 6) is -0.307. The van der Waals surface area contributed by atoms with Gasteiger partial charge in [0, 0.05) is 13.0 Å². The summed E-state index contributed by atoms with van der Waals surface area (Å²) >= 11 is 0. The van der Waals surface area contributed by atoms with Gasteiger partial charge in [-0.05, 0) is 11.8 Å².